The second-order valence-corrected chi connectivity index (χ2v) is 4.73. The van der Waals surface area contributed by atoms with E-state index in [9.17, 15) is 5.11 Å². The van der Waals surface area contributed by atoms with E-state index >= 15 is 0 Å². The molecule has 98 valence electrons. The molecule has 0 saturated carbocycles. The zero-order chi connectivity index (χ0) is 13.2. The molecule has 0 aliphatic carbocycles. The summed E-state index contributed by atoms with van der Waals surface area (Å²) < 4.78 is 2.03. The van der Waals surface area contributed by atoms with Crippen molar-refractivity contribution in [2.75, 3.05) is 5.32 Å². The van der Waals surface area contributed by atoms with Gasteiger partial charge in [0.2, 0.25) is 0 Å². The number of phenols is 1. The summed E-state index contributed by atoms with van der Waals surface area (Å²) in [5.41, 5.74) is 3.64. The third-order valence-electron chi connectivity index (χ3n) is 3.44. The number of anilines is 2. The topological polar surface area (TPSA) is 73.9 Å². The van der Waals surface area contributed by atoms with Crippen LogP contribution >= 0.6 is 0 Å². The number of nitrogens with zero attached hydrogens (tertiary/aromatic N) is 2. The summed E-state index contributed by atoms with van der Waals surface area (Å²) in [4.78, 5) is 0. The van der Waals surface area contributed by atoms with Crippen LogP contribution in [0.2, 0.25) is 0 Å². The fourth-order valence-corrected chi connectivity index (χ4v) is 2.45. The van der Waals surface area contributed by atoms with Crippen LogP contribution in [0.15, 0.2) is 24.4 Å². The van der Waals surface area contributed by atoms with Crippen LogP contribution < -0.4 is 5.32 Å². The predicted molar refractivity (Wildman–Crippen MR) is 74.4 cm³/mol. The van der Waals surface area contributed by atoms with Crippen molar-refractivity contribution in [2.45, 2.75) is 25.8 Å². The minimum atomic E-state index is 0.189. The van der Waals surface area contributed by atoms with Crippen LogP contribution in [0, 0.1) is 5.41 Å². The number of hydrogen-bond donors (Lipinski definition) is 3. The van der Waals surface area contributed by atoms with Crippen molar-refractivity contribution in [2.24, 2.45) is 0 Å². The Hall–Kier alpha value is -2.30. The van der Waals surface area contributed by atoms with Crippen LogP contribution in [-0.4, -0.2) is 21.1 Å². The highest BCUT2D eigenvalue weighted by Crippen LogP contribution is 2.28. The summed E-state index contributed by atoms with van der Waals surface area (Å²) in [6.45, 7) is 0.967. The first-order valence-electron chi connectivity index (χ1n) is 6.43. The monoisotopic (exact) mass is 256 g/mol. The molecular weight excluding hydrogens is 240 g/mol. The SMILES string of the molecule is N=Cc1ccc(O)cc1Nc1cnn2c1CCCC2. The molecule has 1 aromatic heterocycles. The molecule has 3 rings (SSSR count). The van der Waals surface area contributed by atoms with E-state index in [0.717, 1.165) is 29.9 Å². The lowest BCUT2D eigenvalue weighted by Crippen LogP contribution is -2.12. The highest BCUT2D eigenvalue weighted by Gasteiger charge is 2.15. The number of benzene rings is 1. The Balaban J connectivity index is 1.95. The molecule has 1 aliphatic heterocycles. The lowest BCUT2D eigenvalue weighted by molar-refractivity contribution is 0.475. The minimum Gasteiger partial charge on any atom is -0.508 e. The Morgan fingerprint density at radius 2 is 2.21 bits per heavy atom. The maximum absolute atomic E-state index is 9.56. The molecule has 5 heteroatoms. The van der Waals surface area contributed by atoms with Crippen LogP contribution in [0.25, 0.3) is 0 Å². The third kappa shape index (κ3) is 2.19. The maximum atomic E-state index is 9.56. The highest BCUT2D eigenvalue weighted by atomic mass is 16.3. The van der Waals surface area contributed by atoms with E-state index in [4.69, 9.17) is 5.41 Å². The van der Waals surface area contributed by atoms with Gasteiger partial charge in [-0.3, -0.25) is 4.68 Å². The number of fused-ring (bicyclic) bond motifs is 1. The molecule has 0 spiro atoms. The molecule has 2 heterocycles. The molecule has 0 amide bonds. The van der Waals surface area contributed by atoms with E-state index in [1.165, 1.54) is 24.8 Å². The van der Waals surface area contributed by atoms with Gasteiger partial charge < -0.3 is 15.8 Å². The van der Waals surface area contributed by atoms with Gasteiger partial charge in [-0.2, -0.15) is 5.10 Å². The molecule has 0 atom stereocenters. The number of aromatic hydroxyl groups is 1. The molecule has 1 aromatic carbocycles. The molecule has 0 fully saturated rings. The van der Waals surface area contributed by atoms with Crippen molar-refractivity contribution in [3.63, 3.8) is 0 Å². The van der Waals surface area contributed by atoms with Gasteiger partial charge in [-0.1, -0.05) is 0 Å². The summed E-state index contributed by atoms with van der Waals surface area (Å²) in [5.74, 6) is 0.189. The van der Waals surface area contributed by atoms with E-state index < -0.39 is 0 Å². The van der Waals surface area contributed by atoms with Gasteiger partial charge in [0, 0.05) is 24.4 Å². The molecule has 0 bridgehead atoms. The number of rotatable bonds is 3. The summed E-state index contributed by atoms with van der Waals surface area (Å²) in [6, 6.07) is 4.94. The van der Waals surface area contributed by atoms with Crippen LogP contribution in [0.5, 0.6) is 5.75 Å². The standard InChI is InChI=1S/C14H16N4O/c15-8-10-4-5-11(19)7-12(10)17-13-9-16-18-6-2-1-3-14(13)18/h4-5,7-9,15,17,19H,1-3,6H2. The normalized spacial score (nSPS) is 13.9. The Bertz CT molecular complexity index is 618. The summed E-state index contributed by atoms with van der Waals surface area (Å²) in [5, 5.41) is 24.6. The predicted octanol–water partition coefficient (Wildman–Crippen LogP) is 2.67. The van der Waals surface area contributed by atoms with Gasteiger partial charge in [0.1, 0.15) is 5.75 Å². The number of nitrogens with one attached hydrogen (secondary N) is 2. The van der Waals surface area contributed by atoms with Gasteiger partial charge in [-0.25, -0.2) is 0 Å². The minimum absolute atomic E-state index is 0.189. The molecule has 2 aromatic rings. The quantitative estimate of drug-likeness (QED) is 0.739. The molecule has 1 aliphatic rings. The smallest absolute Gasteiger partial charge is 0.117 e. The Morgan fingerprint density at radius 3 is 3.05 bits per heavy atom. The van der Waals surface area contributed by atoms with Gasteiger partial charge in [-0.05, 0) is 31.4 Å². The molecule has 0 radical (unpaired) electrons. The molecule has 0 unspecified atom stereocenters. The highest BCUT2D eigenvalue weighted by molar-refractivity contribution is 5.88. The Kier molecular flexibility index (Phi) is 2.95. The van der Waals surface area contributed by atoms with Gasteiger partial charge in [-0.15, -0.1) is 0 Å². The zero-order valence-electron chi connectivity index (χ0n) is 10.6. The van der Waals surface area contributed by atoms with Gasteiger partial charge in [0.25, 0.3) is 0 Å². The fraction of sp³-hybridized carbons (Fsp3) is 0.286. The maximum Gasteiger partial charge on any atom is 0.117 e. The average molecular weight is 256 g/mol. The number of hydrogen-bond acceptors (Lipinski definition) is 4. The van der Waals surface area contributed by atoms with E-state index in [-0.39, 0.29) is 5.75 Å². The van der Waals surface area contributed by atoms with Crippen LogP contribution in [-0.2, 0) is 13.0 Å². The van der Waals surface area contributed by atoms with Crippen molar-refractivity contribution < 1.29 is 5.11 Å². The second-order valence-electron chi connectivity index (χ2n) is 4.73. The van der Waals surface area contributed by atoms with Crippen LogP contribution in [0.3, 0.4) is 0 Å². The van der Waals surface area contributed by atoms with Crippen LogP contribution in [0.1, 0.15) is 24.1 Å². The van der Waals surface area contributed by atoms with E-state index in [0.29, 0.717) is 0 Å². The lowest BCUT2D eigenvalue weighted by atomic mass is 10.1. The van der Waals surface area contributed by atoms with Crippen molar-refractivity contribution >= 4 is 17.6 Å². The molecule has 0 saturated heterocycles. The van der Waals surface area contributed by atoms with Crippen molar-refractivity contribution in [3.05, 3.63) is 35.7 Å². The van der Waals surface area contributed by atoms with Crippen molar-refractivity contribution in [1.29, 1.82) is 5.41 Å². The molecular formula is C14H16N4O. The van der Waals surface area contributed by atoms with Crippen molar-refractivity contribution in [3.8, 4) is 5.75 Å². The largest absolute Gasteiger partial charge is 0.508 e. The van der Waals surface area contributed by atoms with Gasteiger partial charge in [0.05, 0.1) is 23.3 Å². The third-order valence-corrected chi connectivity index (χ3v) is 3.44. The first kappa shape index (κ1) is 11.8. The summed E-state index contributed by atoms with van der Waals surface area (Å²) >= 11 is 0. The Morgan fingerprint density at radius 1 is 1.32 bits per heavy atom. The number of phenolic OH excluding ortho intramolecular Hbond substituents is 1. The molecule has 3 N–H and O–H groups in total. The van der Waals surface area contributed by atoms with E-state index in [1.54, 1.807) is 18.2 Å². The summed E-state index contributed by atoms with van der Waals surface area (Å²) in [7, 11) is 0. The molecule has 5 nitrogen and oxygen atoms in total. The summed E-state index contributed by atoms with van der Waals surface area (Å²) in [6.07, 6.45) is 6.46. The van der Waals surface area contributed by atoms with Crippen LogP contribution in [0.4, 0.5) is 11.4 Å². The van der Waals surface area contributed by atoms with Crippen molar-refractivity contribution in [1.82, 2.24) is 9.78 Å². The Labute approximate surface area is 111 Å². The number of aromatic nitrogens is 2. The van der Waals surface area contributed by atoms with E-state index in [2.05, 4.69) is 10.4 Å². The number of aryl methyl sites for hydroxylation is 1. The lowest BCUT2D eigenvalue weighted by Gasteiger charge is -2.16. The zero-order valence-corrected chi connectivity index (χ0v) is 10.6. The van der Waals surface area contributed by atoms with Gasteiger partial charge in [0.15, 0.2) is 0 Å². The molecule has 19 heavy (non-hydrogen) atoms. The average Bonchev–Trinajstić information content (AvgIpc) is 2.83. The first-order valence-corrected chi connectivity index (χ1v) is 6.43. The first-order chi connectivity index (χ1) is 9.28. The fourth-order valence-electron chi connectivity index (χ4n) is 2.45. The second kappa shape index (κ2) is 4.76. The van der Waals surface area contributed by atoms with Gasteiger partial charge >= 0.3 is 0 Å². The van der Waals surface area contributed by atoms with E-state index in [1.807, 2.05) is 10.9 Å².